The van der Waals surface area contributed by atoms with Crippen molar-refractivity contribution in [1.29, 1.82) is 0 Å². The Kier molecular flexibility index (Phi) is 4.23. The van der Waals surface area contributed by atoms with Gasteiger partial charge in [0.2, 0.25) is 0 Å². The molecular formula is C11H15ClO2. The van der Waals surface area contributed by atoms with Crippen molar-refractivity contribution in [2.45, 2.75) is 20.5 Å². The second kappa shape index (κ2) is 5.23. The van der Waals surface area contributed by atoms with Crippen molar-refractivity contribution in [3.8, 4) is 5.75 Å². The summed E-state index contributed by atoms with van der Waals surface area (Å²) >= 11 is 5.83. The highest BCUT2D eigenvalue weighted by molar-refractivity contribution is 6.30. The first-order valence-corrected chi connectivity index (χ1v) is 5.03. The van der Waals surface area contributed by atoms with Crippen LogP contribution in [0.4, 0.5) is 0 Å². The zero-order valence-electron chi connectivity index (χ0n) is 8.46. The molecule has 0 aliphatic heterocycles. The van der Waals surface area contributed by atoms with Crippen molar-refractivity contribution in [1.82, 2.24) is 0 Å². The van der Waals surface area contributed by atoms with E-state index >= 15 is 0 Å². The van der Waals surface area contributed by atoms with Crippen LogP contribution in [0.1, 0.15) is 19.4 Å². The van der Waals surface area contributed by atoms with Gasteiger partial charge in [-0.3, -0.25) is 0 Å². The smallest absolute Gasteiger partial charge is 0.126 e. The Balaban J connectivity index is 2.77. The van der Waals surface area contributed by atoms with Crippen LogP contribution < -0.4 is 4.74 Å². The van der Waals surface area contributed by atoms with Gasteiger partial charge < -0.3 is 9.84 Å². The molecule has 3 heteroatoms. The van der Waals surface area contributed by atoms with Gasteiger partial charge in [0.05, 0.1) is 13.2 Å². The minimum Gasteiger partial charge on any atom is -0.493 e. The number of aliphatic hydroxyl groups is 1. The van der Waals surface area contributed by atoms with Crippen LogP contribution in [0.3, 0.4) is 0 Å². The molecule has 0 radical (unpaired) electrons. The third-order valence-corrected chi connectivity index (χ3v) is 2.01. The molecule has 0 saturated heterocycles. The molecule has 0 spiro atoms. The van der Waals surface area contributed by atoms with E-state index in [9.17, 15) is 0 Å². The molecule has 1 rings (SSSR count). The number of hydrogen-bond donors (Lipinski definition) is 1. The lowest BCUT2D eigenvalue weighted by Gasteiger charge is -2.12. The number of rotatable bonds is 4. The third kappa shape index (κ3) is 3.20. The van der Waals surface area contributed by atoms with Gasteiger partial charge in [-0.25, -0.2) is 0 Å². The molecule has 0 fully saturated rings. The number of aliphatic hydroxyl groups excluding tert-OH is 1. The van der Waals surface area contributed by atoms with Crippen molar-refractivity contribution in [2.75, 3.05) is 6.61 Å². The average molecular weight is 215 g/mol. The molecule has 2 nitrogen and oxygen atoms in total. The largest absolute Gasteiger partial charge is 0.493 e. The van der Waals surface area contributed by atoms with Crippen LogP contribution in [-0.2, 0) is 6.61 Å². The van der Waals surface area contributed by atoms with E-state index in [0.717, 1.165) is 5.56 Å². The van der Waals surface area contributed by atoms with Gasteiger partial charge in [-0.05, 0) is 18.1 Å². The first-order valence-electron chi connectivity index (χ1n) is 4.65. The zero-order valence-corrected chi connectivity index (χ0v) is 9.21. The summed E-state index contributed by atoms with van der Waals surface area (Å²) in [6.45, 7) is 4.75. The van der Waals surface area contributed by atoms with Gasteiger partial charge in [-0.15, -0.1) is 0 Å². The normalized spacial score (nSPS) is 10.6. The van der Waals surface area contributed by atoms with Crippen LogP contribution in [0.25, 0.3) is 0 Å². The number of halogens is 1. The van der Waals surface area contributed by atoms with Crippen molar-refractivity contribution < 1.29 is 9.84 Å². The third-order valence-electron chi connectivity index (χ3n) is 1.77. The molecule has 1 aromatic rings. The van der Waals surface area contributed by atoms with E-state index in [1.807, 2.05) is 0 Å². The fourth-order valence-electron chi connectivity index (χ4n) is 1.05. The molecule has 0 unspecified atom stereocenters. The Morgan fingerprint density at radius 1 is 1.43 bits per heavy atom. The summed E-state index contributed by atoms with van der Waals surface area (Å²) in [5.41, 5.74) is 0.773. The van der Waals surface area contributed by atoms with Gasteiger partial charge in [0, 0.05) is 10.6 Å². The Hall–Kier alpha value is -0.730. The Morgan fingerprint density at radius 3 is 2.71 bits per heavy atom. The minimum absolute atomic E-state index is 0.0232. The highest BCUT2D eigenvalue weighted by Gasteiger charge is 2.04. The van der Waals surface area contributed by atoms with E-state index < -0.39 is 0 Å². The Morgan fingerprint density at radius 2 is 2.14 bits per heavy atom. The molecule has 0 aromatic heterocycles. The molecule has 0 aliphatic rings. The van der Waals surface area contributed by atoms with Crippen molar-refractivity contribution in [3.05, 3.63) is 28.8 Å². The molecular weight excluding hydrogens is 200 g/mol. The molecule has 0 amide bonds. The molecule has 0 atom stereocenters. The van der Waals surface area contributed by atoms with Crippen LogP contribution in [0.2, 0.25) is 5.02 Å². The molecule has 1 N–H and O–H groups in total. The van der Waals surface area contributed by atoms with Gasteiger partial charge >= 0.3 is 0 Å². The minimum atomic E-state index is -0.0232. The molecule has 0 heterocycles. The molecule has 0 aliphatic carbocycles. The molecule has 14 heavy (non-hydrogen) atoms. The van der Waals surface area contributed by atoms with Crippen LogP contribution in [0.15, 0.2) is 18.2 Å². The van der Waals surface area contributed by atoms with Crippen molar-refractivity contribution in [2.24, 2.45) is 5.92 Å². The highest BCUT2D eigenvalue weighted by atomic mass is 35.5. The summed E-state index contributed by atoms with van der Waals surface area (Å²) in [6.07, 6.45) is 0. The number of hydrogen-bond acceptors (Lipinski definition) is 2. The second-order valence-electron chi connectivity index (χ2n) is 3.62. The van der Waals surface area contributed by atoms with Gasteiger partial charge in [0.25, 0.3) is 0 Å². The highest BCUT2D eigenvalue weighted by Crippen LogP contribution is 2.23. The number of benzene rings is 1. The topological polar surface area (TPSA) is 29.5 Å². The van der Waals surface area contributed by atoms with Crippen LogP contribution >= 0.6 is 11.6 Å². The Labute approximate surface area is 89.5 Å². The van der Waals surface area contributed by atoms with E-state index in [1.165, 1.54) is 0 Å². The SMILES string of the molecule is CC(C)COc1cc(Cl)ccc1CO. The van der Waals surface area contributed by atoms with Gasteiger partial charge in [0.1, 0.15) is 5.75 Å². The summed E-state index contributed by atoms with van der Waals surface area (Å²) in [7, 11) is 0. The van der Waals surface area contributed by atoms with Crippen LogP contribution in [-0.4, -0.2) is 11.7 Å². The Bertz CT molecular complexity index is 297. The fourth-order valence-corrected chi connectivity index (χ4v) is 1.21. The van der Waals surface area contributed by atoms with Crippen LogP contribution in [0.5, 0.6) is 5.75 Å². The monoisotopic (exact) mass is 214 g/mol. The average Bonchev–Trinajstić information content (AvgIpc) is 2.15. The molecule has 0 saturated carbocycles. The molecule has 0 bridgehead atoms. The van der Waals surface area contributed by atoms with E-state index in [-0.39, 0.29) is 6.61 Å². The van der Waals surface area contributed by atoms with Gasteiger partial charge in [-0.1, -0.05) is 31.5 Å². The fraction of sp³-hybridized carbons (Fsp3) is 0.455. The molecule has 78 valence electrons. The van der Waals surface area contributed by atoms with E-state index in [2.05, 4.69) is 13.8 Å². The maximum atomic E-state index is 9.05. The predicted molar refractivity (Wildman–Crippen MR) is 57.7 cm³/mol. The summed E-state index contributed by atoms with van der Waals surface area (Å²) in [5, 5.41) is 9.68. The predicted octanol–water partition coefficient (Wildman–Crippen LogP) is 2.87. The summed E-state index contributed by atoms with van der Waals surface area (Å²) in [6, 6.07) is 5.25. The summed E-state index contributed by atoms with van der Waals surface area (Å²) < 4.78 is 5.53. The van der Waals surface area contributed by atoms with Crippen molar-refractivity contribution >= 4 is 11.6 Å². The van der Waals surface area contributed by atoms with E-state index in [4.69, 9.17) is 21.4 Å². The lowest BCUT2D eigenvalue weighted by molar-refractivity contribution is 0.246. The lowest BCUT2D eigenvalue weighted by atomic mass is 10.2. The lowest BCUT2D eigenvalue weighted by Crippen LogP contribution is -2.06. The van der Waals surface area contributed by atoms with Crippen LogP contribution in [0, 0.1) is 5.92 Å². The standard InChI is InChI=1S/C11H15ClO2/c1-8(2)7-14-11-5-10(12)4-3-9(11)6-13/h3-5,8,13H,6-7H2,1-2H3. The summed E-state index contributed by atoms with van der Waals surface area (Å²) in [4.78, 5) is 0. The first-order chi connectivity index (χ1) is 6.63. The van der Waals surface area contributed by atoms with E-state index in [1.54, 1.807) is 18.2 Å². The maximum Gasteiger partial charge on any atom is 0.126 e. The second-order valence-corrected chi connectivity index (χ2v) is 4.05. The van der Waals surface area contributed by atoms with Gasteiger partial charge in [-0.2, -0.15) is 0 Å². The van der Waals surface area contributed by atoms with E-state index in [0.29, 0.717) is 23.3 Å². The maximum absolute atomic E-state index is 9.05. The quantitative estimate of drug-likeness (QED) is 0.835. The zero-order chi connectivity index (χ0) is 10.6. The van der Waals surface area contributed by atoms with Gasteiger partial charge in [0.15, 0.2) is 0 Å². The first kappa shape index (κ1) is 11.3. The summed E-state index contributed by atoms with van der Waals surface area (Å²) in [5.74, 6) is 1.13. The van der Waals surface area contributed by atoms with Crippen molar-refractivity contribution in [3.63, 3.8) is 0 Å². The number of ether oxygens (including phenoxy) is 1. The molecule has 1 aromatic carbocycles.